The van der Waals surface area contributed by atoms with Gasteiger partial charge in [0.2, 0.25) is 12.7 Å². The van der Waals surface area contributed by atoms with Crippen molar-refractivity contribution in [2.45, 2.75) is 52.0 Å². The molecule has 1 heterocycles. The van der Waals surface area contributed by atoms with Crippen LogP contribution < -0.4 is 14.8 Å². The van der Waals surface area contributed by atoms with Crippen LogP contribution in [-0.4, -0.2) is 18.7 Å². The molecule has 22 heavy (non-hydrogen) atoms. The van der Waals surface area contributed by atoms with Crippen molar-refractivity contribution in [3.8, 4) is 11.5 Å². The van der Waals surface area contributed by atoms with Gasteiger partial charge in [-0.25, -0.2) is 0 Å². The molecule has 0 saturated carbocycles. The van der Waals surface area contributed by atoms with Crippen LogP contribution in [0, 0.1) is 0 Å². The van der Waals surface area contributed by atoms with Crippen molar-refractivity contribution in [2.75, 3.05) is 6.79 Å². The summed E-state index contributed by atoms with van der Waals surface area (Å²) in [7, 11) is 0. The van der Waals surface area contributed by atoms with Gasteiger partial charge in [-0.15, -0.1) is 0 Å². The molecular formula is C18H25NO3. The molecule has 0 spiro atoms. The minimum absolute atomic E-state index is 0.0549. The van der Waals surface area contributed by atoms with Gasteiger partial charge in [0.15, 0.2) is 11.5 Å². The highest BCUT2D eigenvalue weighted by molar-refractivity contribution is 5.92. The van der Waals surface area contributed by atoms with Crippen LogP contribution >= 0.6 is 0 Å². The molecule has 1 N–H and O–H groups in total. The molecule has 1 atom stereocenters. The number of unbranched alkanes of at least 4 members (excludes halogenated alkanes) is 3. The van der Waals surface area contributed by atoms with Gasteiger partial charge >= 0.3 is 0 Å². The number of hydrogen-bond acceptors (Lipinski definition) is 3. The first-order chi connectivity index (χ1) is 10.7. The van der Waals surface area contributed by atoms with Crippen LogP contribution in [0.25, 0.3) is 6.08 Å². The van der Waals surface area contributed by atoms with Gasteiger partial charge in [-0.05, 0) is 37.1 Å². The van der Waals surface area contributed by atoms with E-state index in [0.29, 0.717) is 0 Å². The van der Waals surface area contributed by atoms with Gasteiger partial charge in [0.05, 0.1) is 0 Å². The van der Waals surface area contributed by atoms with E-state index in [4.69, 9.17) is 9.47 Å². The van der Waals surface area contributed by atoms with Gasteiger partial charge in [0.25, 0.3) is 0 Å². The minimum Gasteiger partial charge on any atom is -0.454 e. The highest BCUT2D eigenvalue weighted by atomic mass is 16.7. The first-order valence-corrected chi connectivity index (χ1v) is 8.07. The summed E-state index contributed by atoms with van der Waals surface area (Å²) in [4.78, 5) is 11.9. The van der Waals surface area contributed by atoms with E-state index in [1.807, 2.05) is 18.2 Å². The van der Waals surface area contributed by atoms with E-state index in [1.54, 1.807) is 12.2 Å². The fourth-order valence-corrected chi connectivity index (χ4v) is 2.43. The Kier molecular flexibility index (Phi) is 6.31. The van der Waals surface area contributed by atoms with Gasteiger partial charge in [-0.2, -0.15) is 0 Å². The third kappa shape index (κ3) is 5.10. The van der Waals surface area contributed by atoms with E-state index in [9.17, 15) is 4.79 Å². The maximum atomic E-state index is 11.9. The molecular weight excluding hydrogens is 278 g/mol. The summed E-state index contributed by atoms with van der Waals surface area (Å²) < 4.78 is 10.6. The standard InChI is InChI=1S/C18H25NO3/c1-3-4-5-6-7-14(2)19-18(20)11-9-15-8-10-16-17(12-15)22-13-21-16/h8-12,14H,3-7,13H2,1-2H3,(H,19,20)/b11-9+/t14-/m1/s1. The predicted octanol–water partition coefficient (Wildman–Crippen LogP) is 3.90. The van der Waals surface area contributed by atoms with Gasteiger partial charge in [-0.1, -0.05) is 38.7 Å². The quantitative estimate of drug-likeness (QED) is 0.585. The van der Waals surface area contributed by atoms with Crippen molar-refractivity contribution in [3.63, 3.8) is 0 Å². The number of rotatable bonds is 8. The second-order valence-electron chi connectivity index (χ2n) is 5.71. The lowest BCUT2D eigenvalue weighted by Gasteiger charge is -2.11. The number of fused-ring (bicyclic) bond motifs is 1. The Hall–Kier alpha value is -1.97. The summed E-state index contributed by atoms with van der Waals surface area (Å²) in [5.74, 6) is 1.43. The summed E-state index contributed by atoms with van der Waals surface area (Å²) in [6, 6.07) is 5.85. The fourth-order valence-electron chi connectivity index (χ4n) is 2.43. The summed E-state index contributed by atoms with van der Waals surface area (Å²) in [5, 5.41) is 3.00. The van der Waals surface area contributed by atoms with Gasteiger partial charge in [0.1, 0.15) is 0 Å². The third-order valence-corrected chi connectivity index (χ3v) is 3.70. The summed E-state index contributed by atoms with van der Waals surface area (Å²) in [5.41, 5.74) is 0.926. The van der Waals surface area contributed by atoms with Crippen molar-refractivity contribution in [1.29, 1.82) is 0 Å². The second-order valence-corrected chi connectivity index (χ2v) is 5.71. The molecule has 0 unspecified atom stereocenters. The molecule has 0 saturated heterocycles. The van der Waals surface area contributed by atoms with Crippen molar-refractivity contribution in [2.24, 2.45) is 0 Å². The molecule has 1 aromatic rings. The Bertz CT molecular complexity index is 525. The van der Waals surface area contributed by atoms with E-state index in [0.717, 1.165) is 23.5 Å². The Morgan fingerprint density at radius 3 is 2.91 bits per heavy atom. The number of benzene rings is 1. The first-order valence-electron chi connectivity index (χ1n) is 8.07. The lowest BCUT2D eigenvalue weighted by Crippen LogP contribution is -2.30. The summed E-state index contributed by atoms with van der Waals surface area (Å²) in [6.45, 7) is 4.52. The normalized spacial score (nSPS) is 14.3. The zero-order valence-corrected chi connectivity index (χ0v) is 13.4. The average Bonchev–Trinajstić information content (AvgIpc) is 2.97. The van der Waals surface area contributed by atoms with E-state index in [2.05, 4.69) is 19.2 Å². The van der Waals surface area contributed by atoms with Crippen molar-refractivity contribution < 1.29 is 14.3 Å². The topological polar surface area (TPSA) is 47.6 Å². The molecule has 1 aliphatic heterocycles. The lowest BCUT2D eigenvalue weighted by molar-refractivity contribution is -0.117. The summed E-state index contributed by atoms with van der Waals surface area (Å²) in [6.07, 6.45) is 9.30. The molecule has 120 valence electrons. The number of carbonyl (C=O) groups excluding carboxylic acids is 1. The molecule has 1 amide bonds. The molecule has 4 nitrogen and oxygen atoms in total. The van der Waals surface area contributed by atoms with Crippen LogP contribution in [0.1, 0.15) is 51.5 Å². The van der Waals surface area contributed by atoms with Crippen molar-refractivity contribution >= 4 is 12.0 Å². The third-order valence-electron chi connectivity index (χ3n) is 3.70. The van der Waals surface area contributed by atoms with Crippen molar-refractivity contribution in [1.82, 2.24) is 5.32 Å². The minimum atomic E-state index is -0.0549. The van der Waals surface area contributed by atoms with E-state index < -0.39 is 0 Å². The van der Waals surface area contributed by atoms with E-state index >= 15 is 0 Å². The van der Waals surface area contributed by atoms with E-state index in [1.165, 1.54) is 25.7 Å². The van der Waals surface area contributed by atoms with Crippen LogP contribution in [0.5, 0.6) is 11.5 Å². The zero-order valence-electron chi connectivity index (χ0n) is 13.4. The van der Waals surface area contributed by atoms with Crippen molar-refractivity contribution in [3.05, 3.63) is 29.8 Å². The predicted molar refractivity (Wildman–Crippen MR) is 88.0 cm³/mol. The molecule has 0 fully saturated rings. The Labute approximate surface area is 132 Å². The van der Waals surface area contributed by atoms with Crippen LogP contribution in [0.2, 0.25) is 0 Å². The monoisotopic (exact) mass is 303 g/mol. The van der Waals surface area contributed by atoms with Gasteiger partial charge in [0, 0.05) is 12.1 Å². The van der Waals surface area contributed by atoms with Crippen LogP contribution in [0.15, 0.2) is 24.3 Å². The largest absolute Gasteiger partial charge is 0.454 e. The molecule has 1 aliphatic rings. The van der Waals surface area contributed by atoms with Crippen LogP contribution in [0.3, 0.4) is 0 Å². The molecule has 2 rings (SSSR count). The SMILES string of the molecule is CCCCCC[C@@H](C)NC(=O)/C=C/c1ccc2c(c1)OCO2. The molecule has 0 aromatic heterocycles. The zero-order chi connectivity index (χ0) is 15.8. The highest BCUT2D eigenvalue weighted by Gasteiger charge is 2.12. The Morgan fingerprint density at radius 1 is 1.27 bits per heavy atom. The first kappa shape index (κ1) is 16.4. The summed E-state index contributed by atoms with van der Waals surface area (Å²) >= 11 is 0. The van der Waals surface area contributed by atoms with Gasteiger partial charge < -0.3 is 14.8 Å². The smallest absolute Gasteiger partial charge is 0.244 e. The Balaban J connectivity index is 1.76. The maximum absolute atomic E-state index is 11.9. The maximum Gasteiger partial charge on any atom is 0.244 e. The number of nitrogens with one attached hydrogen (secondary N) is 1. The number of hydrogen-bond donors (Lipinski definition) is 1. The molecule has 0 bridgehead atoms. The average molecular weight is 303 g/mol. The highest BCUT2D eigenvalue weighted by Crippen LogP contribution is 2.32. The van der Waals surface area contributed by atoms with E-state index in [-0.39, 0.29) is 18.7 Å². The van der Waals surface area contributed by atoms with Crippen LogP contribution in [0.4, 0.5) is 0 Å². The number of carbonyl (C=O) groups is 1. The van der Waals surface area contributed by atoms with Gasteiger partial charge in [-0.3, -0.25) is 4.79 Å². The molecule has 1 aromatic carbocycles. The molecule has 0 aliphatic carbocycles. The molecule has 0 radical (unpaired) electrons. The lowest BCUT2D eigenvalue weighted by atomic mass is 10.1. The fraction of sp³-hybridized carbons (Fsp3) is 0.500. The second kappa shape index (κ2) is 8.47. The molecule has 4 heteroatoms. The number of amides is 1. The Morgan fingerprint density at radius 2 is 2.09 bits per heavy atom. The number of ether oxygens (including phenoxy) is 2. The van der Waals surface area contributed by atoms with Crippen LogP contribution in [-0.2, 0) is 4.79 Å².